The fourth-order valence-electron chi connectivity index (χ4n) is 2.89. The number of alkyl halides is 3. The summed E-state index contributed by atoms with van der Waals surface area (Å²) in [5.41, 5.74) is 0.350. The maximum Gasteiger partial charge on any atom is 0.451 e. The highest BCUT2D eigenvalue weighted by atomic mass is 19.4. The molecule has 0 radical (unpaired) electrons. The number of nitrogens with zero attached hydrogens (tertiary/aromatic N) is 4. The summed E-state index contributed by atoms with van der Waals surface area (Å²) in [5.74, 6) is -0.339. The zero-order valence-corrected chi connectivity index (χ0v) is 14.1. The van der Waals surface area contributed by atoms with E-state index in [1.165, 1.54) is 6.33 Å². The number of imidazole rings is 1. The summed E-state index contributed by atoms with van der Waals surface area (Å²) < 4.78 is 50.8. The van der Waals surface area contributed by atoms with Crippen LogP contribution in [0.1, 0.15) is 5.82 Å². The van der Waals surface area contributed by atoms with E-state index >= 15 is 0 Å². The topological polar surface area (TPSA) is 76.2 Å². The molecule has 0 aliphatic carbocycles. The molecule has 1 aliphatic heterocycles. The van der Waals surface area contributed by atoms with Crippen LogP contribution < -0.4 is 9.64 Å². The molecule has 1 aliphatic rings. The first-order chi connectivity index (χ1) is 13.0. The van der Waals surface area contributed by atoms with Crippen molar-refractivity contribution in [3.8, 4) is 5.75 Å². The Morgan fingerprint density at radius 1 is 1.22 bits per heavy atom. The van der Waals surface area contributed by atoms with E-state index in [0.29, 0.717) is 31.0 Å². The van der Waals surface area contributed by atoms with Crippen LogP contribution in [0.25, 0.3) is 11.2 Å². The summed E-state index contributed by atoms with van der Waals surface area (Å²) in [6, 6.07) is 9.26. The first-order valence-corrected chi connectivity index (χ1v) is 8.33. The van der Waals surface area contributed by atoms with Crippen molar-refractivity contribution < 1.29 is 22.6 Å². The number of hydrogen-bond donors (Lipinski definition) is 1. The highest BCUT2D eigenvalue weighted by Crippen LogP contribution is 2.31. The number of H-pyrrole nitrogens is 1. The van der Waals surface area contributed by atoms with Crippen LogP contribution in [-0.2, 0) is 10.9 Å². The molecule has 142 valence electrons. The van der Waals surface area contributed by atoms with Crippen LogP contribution in [-0.4, -0.2) is 52.3 Å². The summed E-state index contributed by atoms with van der Waals surface area (Å²) in [6.45, 7) is 1.38. The first kappa shape index (κ1) is 17.5. The summed E-state index contributed by atoms with van der Waals surface area (Å²) in [5, 5.41) is 0. The number of nitrogens with one attached hydrogen (secondary N) is 1. The molecule has 27 heavy (non-hydrogen) atoms. The van der Waals surface area contributed by atoms with Gasteiger partial charge in [0.2, 0.25) is 5.82 Å². The number of hydrogen-bond acceptors (Lipinski definition) is 6. The first-order valence-electron chi connectivity index (χ1n) is 8.33. The van der Waals surface area contributed by atoms with Crippen LogP contribution in [0.2, 0.25) is 0 Å². The monoisotopic (exact) mass is 379 g/mol. The van der Waals surface area contributed by atoms with Crippen LogP contribution in [0.5, 0.6) is 5.75 Å². The summed E-state index contributed by atoms with van der Waals surface area (Å²) >= 11 is 0. The fraction of sp³-hybridized carbons (Fsp3) is 0.353. The van der Waals surface area contributed by atoms with Crippen LogP contribution >= 0.6 is 0 Å². The van der Waals surface area contributed by atoms with E-state index in [1.54, 1.807) is 4.90 Å². The third-order valence-corrected chi connectivity index (χ3v) is 4.14. The minimum Gasteiger partial charge on any atom is -0.491 e. The molecule has 0 amide bonds. The number of morpholine rings is 1. The predicted octanol–water partition coefficient (Wildman–Crippen LogP) is 2.66. The second-order valence-electron chi connectivity index (χ2n) is 6.03. The smallest absolute Gasteiger partial charge is 0.451 e. The standard InChI is InChI=1S/C17H16F3N5O2/c18-17(19,20)16-23-14-13(21-10-22-14)15(24-16)25-6-7-26-12(8-25)9-27-11-4-2-1-3-5-11/h1-5,10,12H,6-9H2,(H,21,22,23,24). The number of aromatic amines is 1. The summed E-state index contributed by atoms with van der Waals surface area (Å²) in [7, 11) is 0. The molecule has 1 unspecified atom stereocenters. The molecule has 1 atom stereocenters. The zero-order valence-electron chi connectivity index (χ0n) is 14.1. The van der Waals surface area contributed by atoms with Gasteiger partial charge in [0.15, 0.2) is 11.5 Å². The van der Waals surface area contributed by atoms with Gasteiger partial charge in [0.25, 0.3) is 0 Å². The van der Waals surface area contributed by atoms with Gasteiger partial charge < -0.3 is 19.4 Å². The Morgan fingerprint density at radius 3 is 2.81 bits per heavy atom. The minimum atomic E-state index is -4.65. The second kappa shape index (κ2) is 7.03. The van der Waals surface area contributed by atoms with E-state index in [4.69, 9.17) is 9.47 Å². The molecule has 3 aromatic rings. The number of rotatable bonds is 4. The normalized spacial score (nSPS) is 18.0. The number of anilines is 1. The van der Waals surface area contributed by atoms with Crippen molar-refractivity contribution in [3.63, 3.8) is 0 Å². The maximum absolute atomic E-state index is 13.1. The molecule has 1 saturated heterocycles. The van der Waals surface area contributed by atoms with Gasteiger partial charge in [0.1, 0.15) is 24.0 Å². The van der Waals surface area contributed by atoms with Crippen molar-refractivity contribution in [2.75, 3.05) is 31.2 Å². The Morgan fingerprint density at radius 2 is 2.04 bits per heavy atom. The number of para-hydroxylation sites is 1. The summed E-state index contributed by atoms with van der Waals surface area (Å²) in [6.07, 6.45) is -3.65. The quantitative estimate of drug-likeness (QED) is 0.751. The third-order valence-electron chi connectivity index (χ3n) is 4.14. The molecule has 2 aromatic heterocycles. The Balaban J connectivity index is 1.55. The molecule has 1 aromatic carbocycles. The Kier molecular flexibility index (Phi) is 4.56. The van der Waals surface area contributed by atoms with Gasteiger partial charge in [-0.2, -0.15) is 13.2 Å². The zero-order chi connectivity index (χ0) is 18.9. The number of halogens is 3. The van der Waals surface area contributed by atoms with Crippen LogP contribution in [0, 0.1) is 0 Å². The fourth-order valence-corrected chi connectivity index (χ4v) is 2.89. The second-order valence-corrected chi connectivity index (χ2v) is 6.03. The molecule has 0 saturated carbocycles. The molecule has 1 N–H and O–H groups in total. The van der Waals surface area contributed by atoms with Crippen molar-refractivity contribution in [1.82, 2.24) is 19.9 Å². The van der Waals surface area contributed by atoms with E-state index in [1.807, 2.05) is 30.3 Å². The van der Waals surface area contributed by atoms with E-state index in [2.05, 4.69) is 19.9 Å². The van der Waals surface area contributed by atoms with Crippen molar-refractivity contribution in [1.29, 1.82) is 0 Å². The van der Waals surface area contributed by atoms with Crippen molar-refractivity contribution in [2.24, 2.45) is 0 Å². The van der Waals surface area contributed by atoms with E-state index < -0.39 is 12.0 Å². The minimum absolute atomic E-state index is 0.0177. The van der Waals surface area contributed by atoms with Crippen LogP contribution in [0.15, 0.2) is 36.7 Å². The van der Waals surface area contributed by atoms with Gasteiger partial charge in [-0.3, -0.25) is 0 Å². The number of fused-ring (bicyclic) bond motifs is 1. The van der Waals surface area contributed by atoms with Gasteiger partial charge in [-0.1, -0.05) is 18.2 Å². The maximum atomic E-state index is 13.1. The molecule has 3 heterocycles. The van der Waals surface area contributed by atoms with Crippen molar-refractivity contribution in [3.05, 3.63) is 42.5 Å². The molecule has 1 fully saturated rings. The van der Waals surface area contributed by atoms with Crippen LogP contribution in [0.4, 0.5) is 19.0 Å². The Labute approximate surface area is 152 Å². The van der Waals surface area contributed by atoms with Gasteiger partial charge in [-0.05, 0) is 12.1 Å². The average molecular weight is 379 g/mol. The van der Waals surface area contributed by atoms with E-state index in [-0.39, 0.29) is 24.2 Å². The lowest BCUT2D eigenvalue weighted by atomic mass is 10.2. The largest absolute Gasteiger partial charge is 0.491 e. The molecule has 4 rings (SSSR count). The lowest BCUT2D eigenvalue weighted by Gasteiger charge is -2.33. The van der Waals surface area contributed by atoms with Crippen LogP contribution in [0.3, 0.4) is 0 Å². The van der Waals surface area contributed by atoms with E-state index in [0.717, 1.165) is 0 Å². The Hall–Kier alpha value is -2.88. The number of ether oxygens (including phenoxy) is 2. The third kappa shape index (κ3) is 3.80. The van der Waals surface area contributed by atoms with Gasteiger partial charge in [0, 0.05) is 13.1 Å². The number of benzene rings is 1. The predicted molar refractivity (Wildman–Crippen MR) is 90.6 cm³/mol. The number of aromatic nitrogens is 4. The summed E-state index contributed by atoms with van der Waals surface area (Å²) in [4.78, 5) is 15.6. The molecule has 0 spiro atoms. The van der Waals surface area contributed by atoms with Gasteiger partial charge in [0.05, 0.1) is 12.9 Å². The van der Waals surface area contributed by atoms with Gasteiger partial charge in [-0.25, -0.2) is 15.0 Å². The molecular weight excluding hydrogens is 363 g/mol. The lowest BCUT2D eigenvalue weighted by Crippen LogP contribution is -2.45. The highest BCUT2D eigenvalue weighted by Gasteiger charge is 2.37. The SMILES string of the molecule is FC(F)(F)c1nc(N2CCOC(COc3ccccc3)C2)c2[nH]cnc2n1. The molecule has 10 heteroatoms. The lowest BCUT2D eigenvalue weighted by molar-refractivity contribution is -0.144. The van der Waals surface area contributed by atoms with Gasteiger partial charge >= 0.3 is 6.18 Å². The van der Waals surface area contributed by atoms with Crippen molar-refractivity contribution >= 4 is 17.0 Å². The van der Waals surface area contributed by atoms with Gasteiger partial charge in [-0.15, -0.1) is 0 Å². The van der Waals surface area contributed by atoms with E-state index in [9.17, 15) is 13.2 Å². The Bertz CT molecular complexity index is 916. The molecule has 0 bridgehead atoms. The molecular formula is C17H16F3N5O2. The van der Waals surface area contributed by atoms with Crippen molar-refractivity contribution in [2.45, 2.75) is 12.3 Å². The average Bonchev–Trinajstić information content (AvgIpc) is 3.15. The molecule has 7 nitrogen and oxygen atoms in total. The highest BCUT2D eigenvalue weighted by molar-refractivity contribution is 5.83.